The zero-order chi connectivity index (χ0) is 19.2. The molecule has 0 aliphatic carbocycles. The van der Waals surface area contributed by atoms with Crippen molar-refractivity contribution in [3.8, 4) is 11.5 Å². The number of azo groups is 1. The molecule has 2 aromatic carbocycles. The van der Waals surface area contributed by atoms with Crippen molar-refractivity contribution < 1.29 is 32.5 Å². The number of halogens is 3. The van der Waals surface area contributed by atoms with Gasteiger partial charge in [-0.15, -0.1) is 18.3 Å². The fourth-order valence-electron chi connectivity index (χ4n) is 1.85. The molecule has 0 saturated heterocycles. The molecule has 0 fully saturated rings. The average Bonchev–Trinajstić information content (AvgIpc) is 2.62. The lowest BCUT2D eigenvalue weighted by Gasteiger charge is -2.08. The topological polar surface area (TPSA) is 80.5 Å². The summed E-state index contributed by atoms with van der Waals surface area (Å²) in [5.74, 6) is -0.446. The highest BCUT2D eigenvalue weighted by Crippen LogP contribution is 2.25. The molecule has 0 radical (unpaired) electrons. The first-order chi connectivity index (χ1) is 12.3. The highest BCUT2D eigenvalue weighted by Gasteiger charge is 2.30. The van der Waals surface area contributed by atoms with Crippen molar-refractivity contribution in [1.82, 2.24) is 0 Å². The van der Waals surface area contributed by atoms with Crippen LogP contribution in [-0.2, 0) is 0 Å². The van der Waals surface area contributed by atoms with Gasteiger partial charge < -0.3 is 14.6 Å². The minimum absolute atomic E-state index is 0.168. The van der Waals surface area contributed by atoms with Crippen LogP contribution in [0.1, 0.15) is 10.4 Å². The molecule has 0 saturated carbocycles. The van der Waals surface area contributed by atoms with Gasteiger partial charge in [0.1, 0.15) is 17.8 Å². The van der Waals surface area contributed by atoms with Gasteiger partial charge >= 0.3 is 6.36 Å². The summed E-state index contributed by atoms with van der Waals surface area (Å²) in [7, 11) is 1.48. The highest BCUT2D eigenvalue weighted by molar-refractivity contribution is 6.08. The molecule has 0 bridgehead atoms. The molecular formula is C17H13F3N2O4. The third kappa shape index (κ3) is 5.33. The van der Waals surface area contributed by atoms with Crippen LogP contribution in [0.3, 0.4) is 0 Å². The van der Waals surface area contributed by atoms with E-state index in [1.165, 1.54) is 31.4 Å². The Morgan fingerprint density at radius 1 is 1.04 bits per heavy atom. The zero-order valence-corrected chi connectivity index (χ0v) is 13.4. The van der Waals surface area contributed by atoms with E-state index < -0.39 is 17.9 Å². The van der Waals surface area contributed by atoms with Crippen molar-refractivity contribution >= 4 is 11.5 Å². The van der Waals surface area contributed by atoms with E-state index in [2.05, 4.69) is 15.0 Å². The molecule has 26 heavy (non-hydrogen) atoms. The van der Waals surface area contributed by atoms with Gasteiger partial charge in [-0.1, -0.05) is 0 Å². The number of methoxy groups -OCH3 is 1. The minimum Gasteiger partial charge on any atom is -0.513 e. The second-order valence-corrected chi connectivity index (χ2v) is 4.81. The van der Waals surface area contributed by atoms with E-state index in [-0.39, 0.29) is 16.9 Å². The lowest BCUT2D eigenvalue weighted by Crippen LogP contribution is -2.16. The predicted octanol–water partition coefficient (Wildman–Crippen LogP) is 4.96. The number of ketones is 1. The normalized spacial score (nSPS) is 12.2. The fraction of sp³-hybridized carbons (Fsp3) is 0.118. The average molecular weight is 366 g/mol. The Balaban J connectivity index is 2.10. The summed E-state index contributed by atoms with van der Waals surface area (Å²) in [5, 5.41) is 16.5. The van der Waals surface area contributed by atoms with Crippen LogP contribution in [0.5, 0.6) is 11.5 Å². The number of hydrogen-bond acceptors (Lipinski definition) is 6. The number of alkyl halides is 3. The monoisotopic (exact) mass is 366 g/mol. The number of rotatable bonds is 6. The number of ether oxygens (including phenoxy) is 2. The molecule has 1 N–H and O–H groups in total. The fourth-order valence-corrected chi connectivity index (χ4v) is 1.85. The maximum atomic E-state index is 12.2. The van der Waals surface area contributed by atoms with E-state index in [1.54, 1.807) is 12.1 Å². The molecule has 9 heteroatoms. The molecule has 6 nitrogen and oxygen atoms in total. The van der Waals surface area contributed by atoms with E-state index in [9.17, 15) is 23.1 Å². The summed E-state index contributed by atoms with van der Waals surface area (Å²) < 4.78 is 45.0. The van der Waals surface area contributed by atoms with Crippen molar-refractivity contribution in [2.24, 2.45) is 10.2 Å². The Morgan fingerprint density at radius 2 is 1.62 bits per heavy atom. The SMILES string of the molecule is COc1ccc(C(=O)C(=CO)N=Nc2ccc(OC(F)(F)F)cc2)cc1. The number of carbonyl (C=O) groups excluding carboxylic acids is 1. The Morgan fingerprint density at radius 3 is 2.12 bits per heavy atom. The van der Waals surface area contributed by atoms with E-state index in [0.717, 1.165) is 12.1 Å². The molecule has 0 aliphatic rings. The van der Waals surface area contributed by atoms with Crippen LogP contribution in [0.2, 0.25) is 0 Å². The Labute approximate surface area is 146 Å². The molecule has 0 aromatic heterocycles. The van der Waals surface area contributed by atoms with Crippen LogP contribution in [0.25, 0.3) is 0 Å². The second kappa shape index (κ2) is 8.15. The van der Waals surface area contributed by atoms with E-state index in [1.807, 2.05) is 0 Å². The maximum Gasteiger partial charge on any atom is 0.573 e. The summed E-state index contributed by atoms with van der Waals surface area (Å²) in [4.78, 5) is 12.2. The number of Topliss-reactive ketones (excluding diaryl/α,β-unsaturated/α-hetero) is 1. The maximum absolute atomic E-state index is 12.2. The van der Waals surface area contributed by atoms with Gasteiger partial charge in [-0.05, 0) is 48.5 Å². The van der Waals surface area contributed by atoms with Crippen molar-refractivity contribution in [1.29, 1.82) is 0 Å². The van der Waals surface area contributed by atoms with Gasteiger partial charge in [-0.2, -0.15) is 5.11 Å². The molecule has 0 aliphatic heterocycles. The zero-order valence-electron chi connectivity index (χ0n) is 13.4. The van der Waals surface area contributed by atoms with Crippen LogP contribution >= 0.6 is 0 Å². The van der Waals surface area contributed by atoms with E-state index in [0.29, 0.717) is 12.0 Å². The van der Waals surface area contributed by atoms with Crippen molar-refractivity contribution in [2.75, 3.05) is 7.11 Å². The van der Waals surface area contributed by atoms with Crippen LogP contribution in [0.15, 0.2) is 70.7 Å². The van der Waals surface area contributed by atoms with Gasteiger partial charge in [-0.3, -0.25) is 4.79 Å². The second-order valence-electron chi connectivity index (χ2n) is 4.81. The number of aliphatic hydroxyl groups excluding tert-OH is 1. The Hall–Kier alpha value is -3.36. The summed E-state index contributed by atoms with van der Waals surface area (Å²) in [5.41, 5.74) is 0.0752. The number of hydrogen-bond donors (Lipinski definition) is 1. The van der Waals surface area contributed by atoms with E-state index >= 15 is 0 Å². The minimum atomic E-state index is -4.79. The third-order valence-electron chi connectivity index (χ3n) is 3.05. The first-order valence-corrected chi connectivity index (χ1v) is 7.13. The molecule has 136 valence electrons. The molecule has 0 unspecified atom stereocenters. The largest absolute Gasteiger partial charge is 0.573 e. The predicted molar refractivity (Wildman–Crippen MR) is 85.7 cm³/mol. The van der Waals surface area contributed by atoms with Crippen LogP contribution < -0.4 is 9.47 Å². The van der Waals surface area contributed by atoms with Gasteiger partial charge in [0.25, 0.3) is 0 Å². The lowest BCUT2D eigenvalue weighted by molar-refractivity contribution is -0.274. The molecule has 0 heterocycles. The van der Waals surface area contributed by atoms with Gasteiger partial charge in [0.2, 0.25) is 5.78 Å². The van der Waals surface area contributed by atoms with Gasteiger partial charge in [-0.25, -0.2) is 0 Å². The first-order valence-electron chi connectivity index (χ1n) is 7.13. The molecule has 2 aromatic rings. The molecule has 0 atom stereocenters. The summed E-state index contributed by atoms with van der Waals surface area (Å²) in [6, 6.07) is 10.7. The summed E-state index contributed by atoms with van der Waals surface area (Å²) in [6.07, 6.45) is -4.29. The number of nitrogens with zero attached hydrogens (tertiary/aromatic N) is 2. The molecule has 0 amide bonds. The van der Waals surface area contributed by atoms with Gasteiger partial charge in [0, 0.05) is 5.56 Å². The van der Waals surface area contributed by atoms with Crippen LogP contribution in [0.4, 0.5) is 18.9 Å². The van der Waals surface area contributed by atoms with Gasteiger partial charge in [0.05, 0.1) is 12.8 Å². The molecule has 2 rings (SSSR count). The first kappa shape index (κ1) is 19.0. The lowest BCUT2D eigenvalue weighted by atomic mass is 10.1. The van der Waals surface area contributed by atoms with Gasteiger partial charge in [0.15, 0.2) is 5.70 Å². The smallest absolute Gasteiger partial charge is 0.513 e. The number of aliphatic hydroxyl groups is 1. The quantitative estimate of drug-likeness (QED) is 0.339. The molecule has 0 spiro atoms. The third-order valence-corrected chi connectivity index (χ3v) is 3.05. The van der Waals surface area contributed by atoms with Crippen LogP contribution in [-0.4, -0.2) is 24.4 Å². The standard InChI is InChI=1S/C17H13F3N2O4/c1-25-13-6-2-11(3-7-13)16(24)15(10-23)22-21-12-4-8-14(9-5-12)26-17(18,19)20/h2-10,23H,1H3. The van der Waals surface area contributed by atoms with Crippen molar-refractivity contribution in [3.05, 3.63) is 66.1 Å². The summed E-state index contributed by atoms with van der Waals surface area (Å²) >= 11 is 0. The number of benzene rings is 2. The van der Waals surface area contributed by atoms with Crippen molar-refractivity contribution in [3.63, 3.8) is 0 Å². The summed E-state index contributed by atoms with van der Waals surface area (Å²) in [6.45, 7) is 0. The van der Waals surface area contributed by atoms with E-state index in [4.69, 9.17) is 4.74 Å². The van der Waals surface area contributed by atoms with Crippen molar-refractivity contribution in [2.45, 2.75) is 6.36 Å². The number of carbonyl (C=O) groups is 1. The van der Waals surface area contributed by atoms with Crippen LogP contribution in [0, 0.1) is 0 Å². The number of allylic oxidation sites excluding steroid dienone is 1. The highest BCUT2D eigenvalue weighted by atomic mass is 19.4. The molecular weight excluding hydrogens is 353 g/mol. The Kier molecular flexibility index (Phi) is 5.94. The Bertz CT molecular complexity index is 813.